The first-order valence-electron chi connectivity index (χ1n) is 12.4. The van der Waals surface area contributed by atoms with Crippen LogP contribution in [0.25, 0.3) is 28.2 Å². The number of hydrogen-bond acceptors (Lipinski definition) is 4. The molecule has 4 aromatic carbocycles. The summed E-state index contributed by atoms with van der Waals surface area (Å²) in [7, 11) is 0. The smallest absolute Gasteiger partial charge is 0.159 e. The molecule has 0 saturated carbocycles. The molecular weight excluding hydrogens is 473 g/mol. The molecule has 1 atom stereocenters. The summed E-state index contributed by atoms with van der Waals surface area (Å²) >= 11 is 0. The van der Waals surface area contributed by atoms with Crippen molar-refractivity contribution < 1.29 is 8.81 Å². The van der Waals surface area contributed by atoms with Gasteiger partial charge >= 0.3 is 0 Å². The molecule has 0 saturated heterocycles. The number of para-hydroxylation sites is 1. The van der Waals surface area contributed by atoms with E-state index in [1.807, 2.05) is 89.8 Å². The Balaban J connectivity index is 1.58. The molecule has 182 valence electrons. The van der Waals surface area contributed by atoms with Crippen LogP contribution in [0.4, 0.5) is 21.5 Å². The number of nitriles is 2. The van der Waals surface area contributed by atoms with E-state index in [0.29, 0.717) is 17.2 Å². The molecule has 38 heavy (non-hydrogen) atoms. The number of rotatable bonds is 4. The summed E-state index contributed by atoms with van der Waals surface area (Å²) in [6.07, 6.45) is 5.04. The summed E-state index contributed by atoms with van der Waals surface area (Å²) < 4.78 is 21.1. The van der Waals surface area contributed by atoms with E-state index in [1.54, 1.807) is 0 Å². The maximum absolute atomic E-state index is 14.7. The molecule has 1 aliphatic carbocycles. The van der Waals surface area contributed by atoms with Gasteiger partial charge in [-0.15, -0.1) is 0 Å². The van der Waals surface area contributed by atoms with Crippen molar-refractivity contribution in [1.82, 2.24) is 0 Å². The third kappa shape index (κ3) is 3.92. The predicted octanol–water partition coefficient (Wildman–Crippen LogP) is 8.66. The van der Waals surface area contributed by atoms with Crippen molar-refractivity contribution in [2.24, 2.45) is 5.92 Å². The predicted molar refractivity (Wildman–Crippen MR) is 148 cm³/mol. The molecule has 0 bridgehead atoms. The monoisotopic (exact) mass is 495 g/mol. The van der Waals surface area contributed by atoms with Crippen LogP contribution >= 0.6 is 0 Å². The van der Waals surface area contributed by atoms with Crippen LogP contribution < -0.4 is 4.90 Å². The molecule has 0 aliphatic heterocycles. The standard InChI is InChI=1S/C33H22FN3O/c1-21-10-15-31-29(16-21)28-8-5-9-30(33(28)38-31)37(27-17-24(19-35)32(34)25(18-27)20-36)26-13-11-23(12-14-26)22-6-3-2-4-7-22/h2-15,17-18,21H,16H2,1H3. The summed E-state index contributed by atoms with van der Waals surface area (Å²) in [6, 6.07) is 30.8. The summed E-state index contributed by atoms with van der Waals surface area (Å²) in [4.78, 5) is 1.92. The lowest BCUT2D eigenvalue weighted by Gasteiger charge is -2.26. The number of fused-ring (bicyclic) bond motifs is 3. The van der Waals surface area contributed by atoms with Crippen LogP contribution in [-0.2, 0) is 6.42 Å². The van der Waals surface area contributed by atoms with E-state index in [9.17, 15) is 14.9 Å². The van der Waals surface area contributed by atoms with Gasteiger partial charge < -0.3 is 9.32 Å². The highest BCUT2D eigenvalue weighted by Gasteiger charge is 2.24. The van der Waals surface area contributed by atoms with Crippen LogP contribution in [0.15, 0.2) is 95.4 Å². The minimum absolute atomic E-state index is 0.187. The first-order chi connectivity index (χ1) is 18.6. The number of anilines is 3. The second-order valence-electron chi connectivity index (χ2n) is 9.47. The SMILES string of the molecule is CC1C=Cc2oc3c(N(c4ccc(-c5ccccc5)cc4)c4cc(C#N)c(F)c(C#N)c4)cccc3c2C1. The van der Waals surface area contributed by atoms with Crippen molar-refractivity contribution in [1.29, 1.82) is 10.5 Å². The second-order valence-corrected chi connectivity index (χ2v) is 9.47. The van der Waals surface area contributed by atoms with E-state index in [2.05, 4.69) is 19.1 Å². The van der Waals surface area contributed by atoms with Gasteiger partial charge in [-0.3, -0.25) is 0 Å². The van der Waals surface area contributed by atoms with Crippen LogP contribution in [0.1, 0.15) is 29.4 Å². The van der Waals surface area contributed by atoms with Crippen LogP contribution in [0.3, 0.4) is 0 Å². The van der Waals surface area contributed by atoms with Crippen LogP contribution in [0.5, 0.6) is 0 Å². The van der Waals surface area contributed by atoms with E-state index in [1.165, 1.54) is 12.1 Å². The zero-order valence-corrected chi connectivity index (χ0v) is 20.6. The Hall–Kier alpha value is -5.13. The quantitative estimate of drug-likeness (QED) is 0.250. The summed E-state index contributed by atoms with van der Waals surface area (Å²) in [5, 5.41) is 20.2. The fourth-order valence-electron chi connectivity index (χ4n) is 5.10. The molecule has 5 heteroatoms. The van der Waals surface area contributed by atoms with Gasteiger partial charge in [-0.05, 0) is 59.9 Å². The number of nitrogens with zero attached hydrogens (tertiary/aromatic N) is 3. The topological polar surface area (TPSA) is 64.0 Å². The highest BCUT2D eigenvalue weighted by molar-refractivity contribution is 5.98. The lowest BCUT2D eigenvalue weighted by molar-refractivity contribution is 0.584. The number of hydrogen-bond donors (Lipinski definition) is 0. The third-order valence-electron chi connectivity index (χ3n) is 6.96. The number of benzene rings is 4. The molecule has 0 amide bonds. The first kappa shape index (κ1) is 23.3. The Morgan fingerprint density at radius 3 is 2.21 bits per heavy atom. The van der Waals surface area contributed by atoms with Gasteiger partial charge in [0.05, 0.1) is 16.8 Å². The Bertz CT molecular complexity index is 1750. The van der Waals surface area contributed by atoms with E-state index >= 15 is 0 Å². The molecule has 4 nitrogen and oxygen atoms in total. The molecule has 1 aliphatic rings. The molecule has 5 aromatic rings. The molecule has 1 unspecified atom stereocenters. The Morgan fingerprint density at radius 2 is 1.53 bits per heavy atom. The van der Waals surface area contributed by atoms with E-state index in [-0.39, 0.29) is 11.1 Å². The maximum Gasteiger partial charge on any atom is 0.159 e. The molecule has 0 radical (unpaired) electrons. The Kier molecular flexibility index (Phi) is 5.75. The fourth-order valence-corrected chi connectivity index (χ4v) is 5.10. The van der Waals surface area contributed by atoms with Crippen LogP contribution in [0, 0.1) is 34.4 Å². The summed E-state index contributed by atoms with van der Waals surface area (Å²) in [6.45, 7) is 2.17. The largest absolute Gasteiger partial charge is 0.454 e. The minimum atomic E-state index is -0.816. The molecule has 6 rings (SSSR count). The highest BCUT2D eigenvalue weighted by Crippen LogP contribution is 2.43. The van der Waals surface area contributed by atoms with Gasteiger partial charge in [0.2, 0.25) is 0 Å². The van der Waals surface area contributed by atoms with Crippen LogP contribution in [0.2, 0.25) is 0 Å². The zero-order chi connectivity index (χ0) is 26.2. The Morgan fingerprint density at radius 1 is 0.842 bits per heavy atom. The van der Waals surface area contributed by atoms with Crippen molar-refractivity contribution in [2.45, 2.75) is 13.3 Å². The lowest BCUT2D eigenvalue weighted by atomic mass is 9.93. The average Bonchev–Trinajstić information content (AvgIpc) is 3.33. The molecule has 0 spiro atoms. The molecule has 0 fully saturated rings. The maximum atomic E-state index is 14.7. The van der Waals surface area contributed by atoms with Gasteiger partial charge in [-0.2, -0.15) is 10.5 Å². The highest BCUT2D eigenvalue weighted by atomic mass is 19.1. The van der Waals surface area contributed by atoms with Crippen molar-refractivity contribution in [3.63, 3.8) is 0 Å². The Labute approximate surface area is 220 Å². The molecule has 1 heterocycles. The minimum Gasteiger partial charge on any atom is -0.454 e. The average molecular weight is 496 g/mol. The van der Waals surface area contributed by atoms with Crippen molar-refractivity contribution in [3.05, 3.63) is 119 Å². The molecule has 0 N–H and O–H groups in total. The van der Waals surface area contributed by atoms with Gasteiger partial charge in [-0.1, -0.05) is 67.6 Å². The van der Waals surface area contributed by atoms with Gasteiger partial charge in [-0.25, -0.2) is 4.39 Å². The van der Waals surface area contributed by atoms with Gasteiger partial charge in [0.25, 0.3) is 0 Å². The summed E-state index contributed by atoms with van der Waals surface area (Å²) in [5.74, 6) is 0.422. The van der Waals surface area contributed by atoms with Gasteiger partial charge in [0.15, 0.2) is 11.4 Å². The molecular formula is C33H22FN3O. The van der Waals surface area contributed by atoms with Gasteiger partial charge in [0.1, 0.15) is 17.9 Å². The van der Waals surface area contributed by atoms with E-state index in [0.717, 1.165) is 45.6 Å². The van der Waals surface area contributed by atoms with Crippen molar-refractivity contribution >= 4 is 34.1 Å². The van der Waals surface area contributed by atoms with Gasteiger partial charge in [0, 0.05) is 22.3 Å². The first-order valence-corrected chi connectivity index (χ1v) is 12.4. The van der Waals surface area contributed by atoms with Crippen molar-refractivity contribution in [2.75, 3.05) is 4.90 Å². The number of furan rings is 1. The zero-order valence-electron chi connectivity index (χ0n) is 20.6. The van der Waals surface area contributed by atoms with Crippen LogP contribution in [-0.4, -0.2) is 0 Å². The fraction of sp³-hybridized carbons (Fsp3) is 0.0909. The third-order valence-corrected chi connectivity index (χ3v) is 6.96. The lowest BCUT2D eigenvalue weighted by Crippen LogP contribution is -2.11. The van der Waals surface area contributed by atoms with Crippen molar-refractivity contribution in [3.8, 4) is 23.3 Å². The number of allylic oxidation sites excluding steroid dienone is 1. The van der Waals surface area contributed by atoms with E-state index in [4.69, 9.17) is 4.42 Å². The molecule has 1 aromatic heterocycles. The summed E-state index contributed by atoms with van der Waals surface area (Å²) in [5.41, 5.74) is 5.65. The van der Waals surface area contributed by atoms with E-state index < -0.39 is 5.82 Å². The normalized spacial score (nSPS) is 14.1. The second kappa shape index (κ2) is 9.39. The number of halogens is 1.